The van der Waals surface area contributed by atoms with E-state index in [1.54, 1.807) is 0 Å². The summed E-state index contributed by atoms with van der Waals surface area (Å²) in [6.07, 6.45) is 5.74. The molecule has 3 aromatic carbocycles. The van der Waals surface area contributed by atoms with Gasteiger partial charge in [-0.25, -0.2) is 0 Å². The zero-order valence-corrected chi connectivity index (χ0v) is 15.1. The summed E-state index contributed by atoms with van der Waals surface area (Å²) in [5.41, 5.74) is 6.79. The summed E-state index contributed by atoms with van der Waals surface area (Å²) in [4.78, 5) is 0. The number of benzene rings is 3. The third-order valence-corrected chi connectivity index (χ3v) is 4.30. The average Bonchev–Trinajstić information content (AvgIpc) is 2.97. The minimum Gasteiger partial charge on any atom is -0.0616 e. The van der Waals surface area contributed by atoms with Crippen molar-refractivity contribution in [3.63, 3.8) is 0 Å². The summed E-state index contributed by atoms with van der Waals surface area (Å²) in [7, 11) is 0. The predicted octanol–water partition coefficient (Wildman–Crippen LogP) is 5.86. The number of allylic oxidation sites excluding steroid dienone is 1. The summed E-state index contributed by atoms with van der Waals surface area (Å²) in [5, 5.41) is 2.63. The van der Waals surface area contributed by atoms with E-state index in [4.69, 9.17) is 0 Å². The van der Waals surface area contributed by atoms with Crippen LogP contribution in [-0.2, 0) is 26.2 Å². The van der Waals surface area contributed by atoms with E-state index in [-0.39, 0.29) is 26.2 Å². The largest absolute Gasteiger partial charge is 0.0616 e. The Balaban J connectivity index is 0.00000144. The van der Waals surface area contributed by atoms with Crippen LogP contribution in [0.1, 0.15) is 24.5 Å². The van der Waals surface area contributed by atoms with Gasteiger partial charge in [0.1, 0.15) is 0 Å². The first-order valence-electron chi connectivity index (χ1n) is 7.53. The minimum atomic E-state index is 0. The van der Waals surface area contributed by atoms with Crippen molar-refractivity contribution in [1.82, 2.24) is 0 Å². The van der Waals surface area contributed by atoms with Gasteiger partial charge >= 0.3 is 0 Å². The molecule has 0 nitrogen and oxygen atoms in total. The summed E-state index contributed by atoms with van der Waals surface area (Å²) in [6.45, 7) is 2.21. The molecule has 1 aliphatic carbocycles. The molecule has 0 N–H and O–H groups in total. The van der Waals surface area contributed by atoms with E-state index in [9.17, 15) is 0 Å². The normalized spacial score (nSPS) is 12.7. The molecule has 0 saturated heterocycles. The Hall–Kier alpha value is -1.46. The SMILES string of the molecule is CCC1=Cc2c(cccc2-c2cccc3ccccc23)[CH]1.[Zr]. The van der Waals surface area contributed by atoms with Crippen molar-refractivity contribution in [3.8, 4) is 11.1 Å². The van der Waals surface area contributed by atoms with Gasteiger partial charge < -0.3 is 0 Å². The molecule has 0 fully saturated rings. The van der Waals surface area contributed by atoms with Crippen LogP contribution in [0.4, 0.5) is 0 Å². The van der Waals surface area contributed by atoms with Gasteiger partial charge in [-0.3, -0.25) is 0 Å². The molecule has 0 amide bonds. The fraction of sp³-hybridized carbons (Fsp3) is 0.0952. The molecular weight excluding hydrogens is 343 g/mol. The summed E-state index contributed by atoms with van der Waals surface area (Å²) < 4.78 is 0. The Morgan fingerprint density at radius 2 is 1.50 bits per heavy atom. The van der Waals surface area contributed by atoms with Crippen molar-refractivity contribution < 1.29 is 26.2 Å². The third-order valence-electron chi connectivity index (χ3n) is 4.30. The van der Waals surface area contributed by atoms with Crippen LogP contribution in [-0.4, -0.2) is 0 Å². The standard InChI is InChI=1S/C21H17.Zr/c1-2-15-13-17-9-6-12-20(21(17)14-15)19-11-5-8-16-7-3-4-10-18(16)19;/h3-14H,2H2,1H3;. The van der Waals surface area contributed by atoms with E-state index in [2.05, 4.69) is 80.1 Å². The van der Waals surface area contributed by atoms with E-state index in [1.807, 2.05) is 0 Å². The molecule has 0 saturated carbocycles. The Kier molecular flexibility index (Phi) is 4.45. The molecule has 1 radical (unpaired) electrons. The number of fused-ring (bicyclic) bond motifs is 2. The van der Waals surface area contributed by atoms with Gasteiger partial charge in [-0.05, 0) is 39.4 Å². The van der Waals surface area contributed by atoms with Gasteiger partial charge in [-0.2, -0.15) is 0 Å². The van der Waals surface area contributed by atoms with Gasteiger partial charge in [0.05, 0.1) is 0 Å². The molecule has 4 rings (SSSR count). The Morgan fingerprint density at radius 3 is 2.36 bits per heavy atom. The summed E-state index contributed by atoms with van der Waals surface area (Å²) in [5.74, 6) is 0. The van der Waals surface area contributed by atoms with Crippen molar-refractivity contribution in [2.75, 3.05) is 0 Å². The first-order valence-corrected chi connectivity index (χ1v) is 7.53. The van der Waals surface area contributed by atoms with Gasteiger partial charge in [0.2, 0.25) is 0 Å². The molecule has 22 heavy (non-hydrogen) atoms. The molecule has 1 heteroatoms. The summed E-state index contributed by atoms with van der Waals surface area (Å²) >= 11 is 0. The van der Waals surface area contributed by atoms with Crippen molar-refractivity contribution in [1.29, 1.82) is 0 Å². The maximum atomic E-state index is 2.34. The van der Waals surface area contributed by atoms with Crippen molar-refractivity contribution in [2.24, 2.45) is 0 Å². The van der Waals surface area contributed by atoms with Crippen LogP contribution in [0.2, 0.25) is 0 Å². The summed E-state index contributed by atoms with van der Waals surface area (Å²) in [6, 6.07) is 21.8. The maximum Gasteiger partial charge on any atom is 0.0164 e. The van der Waals surface area contributed by atoms with E-state index in [0.717, 1.165) is 6.42 Å². The zero-order valence-electron chi connectivity index (χ0n) is 12.6. The molecule has 105 valence electrons. The van der Waals surface area contributed by atoms with Gasteiger partial charge in [-0.1, -0.05) is 79.2 Å². The maximum absolute atomic E-state index is 2.34. The van der Waals surface area contributed by atoms with E-state index >= 15 is 0 Å². The Labute approximate surface area is 151 Å². The molecule has 0 aliphatic heterocycles. The second kappa shape index (κ2) is 6.35. The van der Waals surface area contributed by atoms with Crippen LogP contribution >= 0.6 is 0 Å². The number of hydrogen-bond acceptors (Lipinski definition) is 0. The molecule has 0 unspecified atom stereocenters. The van der Waals surface area contributed by atoms with Crippen LogP contribution in [0, 0.1) is 6.42 Å². The van der Waals surface area contributed by atoms with Gasteiger partial charge in [0.25, 0.3) is 0 Å². The van der Waals surface area contributed by atoms with E-state index in [1.165, 1.54) is 38.6 Å². The van der Waals surface area contributed by atoms with Crippen LogP contribution in [0.3, 0.4) is 0 Å². The third kappa shape index (κ3) is 2.52. The number of hydrogen-bond donors (Lipinski definition) is 0. The average molecular weight is 361 g/mol. The fourth-order valence-corrected chi connectivity index (χ4v) is 3.20. The molecule has 0 spiro atoms. The molecule has 0 heterocycles. The topological polar surface area (TPSA) is 0 Å². The predicted molar refractivity (Wildman–Crippen MR) is 91.1 cm³/mol. The molecule has 1 aliphatic rings. The monoisotopic (exact) mass is 359 g/mol. The van der Waals surface area contributed by atoms with E-state index in [0.29, 0.717) is 0 Å². The molecule has 0 bridgehead atoms. The quantitative estimate of drug-likeness (QED) is 0.536. The van der Waals surface area contributed by atoms with Crippen LogP contribution in [0.15, 0.2) is 66.2 Å². The molecule has 0 aromatic heterocycles. The first-order chi connectivity index (χ1) is 10.4. The fourth-order valence-electron chi connectivity index (χ4n) is 3.20. The van der Waals surface area contributed by atoms with Crippen LogP contribution in [0.25, 0.3) is 28.0 Å². The Morgan fingerprint density at radius 1 is 0.773 bits per heavy atom. The second-order valence-electron chi connectivity index (χ2n) is 5.55. The smallest absolute Gasteiger partial charge is 0.0164 e. The number of rotatable bonds is 2. The van der Waals surface area contributed by atoms with Crippen molar-refractivity contribution >= 4 is 16.8 Å². The Bertz CT molecular complexity index is 853. The minimum absolute atomic E-state index is 0. The zero-order chi connectivity index (χ0) is 14.2. The molecule has 0 atom stereocenters. The van der Waals surface area contributed by atoms with Gasteiger partial charge in [0, 0.05) is 32.6 Å². The van der Waals surface area contributed by atoms with Crippen LogP contribution in [0.5, 0.6) is 0 Å². The van der Waals surface area contributed by atoms with Gasteiger partial charge in [0.15, 0.2) is 0 Å². The first kappa shape index (κ1) is 15.4. The van der Waals surface area contributed by atoms with Crippen molar-refractivity contribution in [2.45, 2.75) is 13.3 Å². The second-order valence-corrected chi connectivity index (χ2v) is 5.55. The van der Waals surface area contributed by atoms with Crippen molar-refractivity contribution in [3.05, 3.63) is 83.8 Å². The van der Waals surface area contributed by atoms with E-state index < -0.39 is 0 Å². The van der Waals surface area contributed by atoms with Gasteiger partial charge in [-0.15, -0.1) is 0 Å². The molecular formula is C21H17Zr. The van der Waals surface area contributed by atoms with Crippen LogP contribution < -0.4 is 0 Å². The molecule has 3 aromatic rings.